The summed E-state index contributed by atoms with van der Waals surface area (Å²) in [6.45, 7) is 1.04. The maximum absolute atomic E-state index is 13.1. The molecule has 7 nitrogen and oxygen atoms in total. The number of amides is 2. The van der Waals surface area contributed by atoms with Gasteiger partial charge in [0.15, 0.2) is 27.6 Å². The molecule has 2 atom stereocenters. The lowest BCUT2D eigenvalue weighted by molar-refractivity contribution is -0.130. The Kier molecular flexibility index (Phi) is 5.93. The van der Waals surface area contributed by atoms with Crippen molar-refractivity contribution in [1.82, 2.24) is 10.6 Å². The fraction of sp³-hybridized carbons (Fsp3) is 0.467. The Balaban J connectivity index is 1.77. The van der Waals surface area contributed by atoms with E-state index in [1.807, 2.05) is 0 Å². The molecular weight excluding hydrogens is 358 g/mol. The number of carbonyl (C=O) groups excluding carboxylic acids is 2. The van der Waals surface area contributed by atoms with E-state index < -0.39 is 45.4 Å². The lowest BCUT2D eigenvalue weighted by Crippen LogP contribution is -2.45. The van der Waals surface area contributed by atoms with E-state index in [4.69, 9.17) is 4.74 Å². The number of nitrogens with one attached hydrogen (secondary N) is 2. The van der Waals surface area contributed by atoms with Gasteiger partial charge in [0.1, 0.15) is 5.75 Å². The molecule has 0 unspecified atom stereocenters. The molecule has 1 aliphatic heterocycles. The van der Waals surface area contributed by atoms with Gasteiger partial charge in [-0.2, -0.15) is 0 Å². The monoisotopic (exact) mass is 376 g/mol. The van der Waals surface area contributed by atoms with Gasteiger partial charge in [-0.1, -0.05) is 0 Å². The molecule has 2 amide bonds. The molecule has 0 bridgehead atoms. The zero-order valence-corrected chi connectivity index (χ0v) is 14.2. The average Bonchev–Trinajstić information content (AvgIpc) is 2.87. The number of hydrogen-bond donors (Lipinski definition) is 2. The molecule has 0 radical (unpaired) electrons. The maximum Gasteiger partial charge on any atom is 0.261 e. The topological polar surface area (TPSA) is 102 Å². The van der Waals surface area contributed by atoms with Crippen molar-refractivity contribution in [1.29, 1.82) is 0 Å². The van der Waals surface area contributed by atoms with Crippen LogP contribution in [0.15, 0.2) is 18.2 Å². The van der Waals surface area contributed by atoms with Gasteiger partial charge in [-0.15, -0.1) is 0 Å². The predicted molar refractivity (Wildman–Crippen MR) is 84.7 cm³/mol. The molecule has 1 aliphatic rings. The van der Waals surface area contributed by atoms with Crippen LogP contribution in [0.4, 0.5) is 8.78 Å². The number of rotatable bonds is 6. The van der Waals surface area contributed by atoms with Gasteiger partial charge in [0.2, 0.25) is 5.91 Å². The van der Waals surface area contributed by atoms with Crippen molar-refractivity contribution in [3.8, 4) is 5.75 Å². The fourth-order valence-electron chi connectivity index (χ4n) is 2.31. The zero-order valence-electron chi connectivity index (χ0n) is 13.4. The third-order valence-electron chi connectivity index (χ3n) is 3.59. The Bertz CT molecular complexity index is 769. The summed E-state index contributed by atoms with van der Waals surface area (Å²) in [4.78, 5) is 23.6. The molecule has 0 saturated carbocycles. The largest absolute Gasteiger partial charge is 0.481 e. The molecule has 2 rings (SSSR count). The summed E-state index contributed by atoms with van der Waals surface area (Å²) in [5.41, 5.74) is 0. The summed E-state index contributed by atoms with van der Waals surface area (Å²) in [5.74, 6) is -3.38. The summed E-state index contributed by atoms with van der Waals surface area (Å²) >= 11 is 0. The molecule has 1 fully saturated rings. The van der Waals surface area contributed by atoms with Gasteiger partial charge in [0, 0.05) is 12.1 Å². The predicted octanol–water partition coefficient (Wildman–Crippen LogP) is 0.152. The minimum atomic E-state index is -3.11. The number of carbonyl (C=O) groups is 2. The smallest absolute Gasteiger partial charge is 0.261 e. The van der Waals surface area contributed by atoms with Gasteiger partial charge in [-0.25, -0.2) is 17.2 Å². The molecule has 1 aromatic carbocycles. The van der Waals surface area contributed by atoms with Crippen LogP contribution in [-0.4, -0.2) is 50.4 Å². The Morgan fingerprint density at radius 1 is 1.32 bits per heavy atom. The molecule has 0 spiro atoms. The Morgan fingerprint density at radius 3 is 2.64 bits per heavy atom. The highest BCUT2D eigenvalue weighted by atomic mass is 32.2. The molecule has 0 aliphatic carbocycles. The lowest BCUT2D eigenvalue weighted by Gasteiger charge is -2.15. The first kappa shape index (κ1) is 19.1. The van der Waals surface area contributed by atoms with Gasteiger partial charge in [0.25, 0.3) is 5.91 Å². The molecule has 0 aromatic heterocycles. The summed E-state index contributed by atoms with van der Waals surface area (Å²) in [7, 11) is -3.11. The van der Waals surface area contributed by atoms with E-state index in [0.717, 1.165) is 12.1 Å². The molecular formula is C15H18F2N2O5S. The van der Waals surface area contributed by atoms with Crippen LogP contribution in [-0.2, 0) is 19.4 Å². The van der Waals surface area contributed by atoms with Crippen LogP contribution >= 0.6 is 0 Å². The van der Waals surface area contributed by atoms with Gasteiger partial charge >= 0.3 is 0 Å². The lowest BCUT2D eigenvalue weighted by atomic mass is 10.2. The molecule has 2 N–H and O–H groups in total. The first-order valence-corrected chi connectivity index (χ1v) is 9.37. The Morgan fingerprint density at radius 2 is 2.04 bits per heavy atom. The minimum Gasteiger partial charge on any atom is -0.481 e. The van der Waals surface area contributed by atoms with Crippen molar-refractivity contribution in [3.63, 3.8) is 0 Å². The van der Waals surface area contributed by atoms with E-state index in [0.29, 0.717) is 6.42 Å². The Labute approximate surface area is 143 Å². The molecule has 25 heavy (non-hydrogen) atoms. The quantitative estimate of drug-likeness (QED) is 0.736. The van der Waals surface area contributed by atoms with Crippen LogP contribution in [0.5, 0.6) is 5.75 Å². The van der Waals surface area contributed by atoms with E-state index in [1.165, 1.54) is 13.0 Å². The van der Waals surface area contributed by atoms with Crippen LogP contribution in [0.25, 0.3) is 0 Å². The van der Waals surface area contributed by atoms with E-state index in [2.05, 4.69) is 10.6 Å². The standard InChI is InChI=1S/C15H18F2N2O5S/c1-9(24-11-2-3-12(16)13(17)6-11)15(21)18-7-14(20)19-10-4-5-25(22,23)8-10/h2-3,6,9-10H,4-5,7-8H2,1H3,(H,18,21)(H,19,20)/t9-,10+/m1/s1. The molecule has 1 saturated heterocycles. The average molecular weight is 376 g/mol. The van der Waals surface area contributed by atoms with Crippen molar-refractivity contribution < 1.29 is 31.5 Å². The number of hydrogen-bond acceptors (Lipinski definition) is 5. The second-order valence-corrected chi connectivity index (χ2v) is 7.95. The third-order valence-corrected chi connectivity index (χ3v) is 5.36. The number of ether oxygens (including phenoxy) is 1. The summed E-state index contributed by atoms with van der Waals surface area (Å²) in [5, 5.41) is 4.86. The number of sulfone groups is 1. The fourth-order valence-corrected chi connectivity index (χ4v) is 3.98. The first-order valence-electron chi connectivity index (χ1n) is 7.55. The van der Waals surface area contributed by atoms with Crippen LogP contribution < -0.4 is 15.4 Å². The summed E-state index contributed by atoms with van der Waals surface area (Å²) in [6.07, 6.45) is -0.693. The molecule has 1 heterocycles. The highest BCUT2D eigenvalue weighted by molar-refractivity contribution is 7.91. The molecule has 138 valence electrons. The minimum absolute atomic E-state index is 0.0258. The summed E-state index contributed by atoms with van der Waals surface area (Å²) in [6, 6.07) is 2.41. The number of halogens is 2. The van der Waals surface area contributed by atoms with E-state index in [-0.39, 0.29) is 23.8 Å². The highest BCUT2D eigenvalue weighted by Gasteiger charge is 2.29. The highest BCUT2D eigenvalue weighted by Crippen LogP contribution is 2.16. The van der Waals surface area contributed by atoms with Crippen LogP contribution in [0, 0.1) is 11.6 Å². The number of benzene rings is 1. The normalized spacial score (nSPS) is 19.9. The van der Waals surface area contributed by atoms with Gasteiger partial charge in [-0.3, -0.25) is 9.59 Å². The van der Waals surface area contributed by atoms with Crippen LogP contribution in [0.2, 0.25) is 0 Å². The molecule has 1 aromatic rings. The second-order valence-electron chi connectivity index (χ2n) is 5.72. The first-order chi connectivity index (χ1) is 11.7. The van der Waals surface area contributed by atoms with Gasteiger partial charge in [0.05, 0.1) is 18.1 Å². The van der Waals surface area contributed by atoms with E-state index >= 15 is 0 Å². The zero-order chi connectivity index (χ0) is 18.6. The van der Waals surface area contributed by atoms with Crippen molar-refractivity contribution in [2.45, 2.75) is 25.5 Å². The van der Waals surface area contributed by atoms with Crippen LogP contribution in [0.1, 0.15) is 13.3 Å². The van der Waals surface area contributed by atoms with E-state index in [1.54, 1.807) is 0 Å². The van der Waals surface area contributed by atoms with Crippen molar-refractivity contribution in [2.75, 3.05) is 18.1 Å². The van der Waals surface area contributed by atoms with E-state index in [9.17, 15) is 26.8 Å². The van der Waals surface area contributed by atoms with Crippen LogP contribution in [0.3, 0.4) is 0 Å². The Hall–Kier alpha value is -2.23. The van der Waals surface area contributed by atoms with Crippen molar-refractivity contribution in [3.05, 3.63) is 29.8 Å². The maximum atomic E-state index is 13.1. The van der Waals surface area contributed by atoms with Crippen molar-refractivity contribution in [2.24, 2.45) is 0 Å². The third kappa shape index (κ3) is 5.66. The van der Waals surface area contributed by atoms with Gasteiger partial charge < -0.3 is 15.4 Å². The summed E-state index contributed by atoms with van der Waals surface area (Å²) < 4.78 is 53.7. The molecule has 10 heteroatoms. The van der Waals surface area contributed by atoms with Gasteiger partial charge in [-0.05, 0) is 25.5 Å². The SMILES string of the molecule is C[C@@H](Oc1ccc(F)c(F)c1)C(=O)NCC(=O)N[C@H]1CCS(=O)(=O)C1. The van der Waals surface area contributed by atoms with Crippen molar-refractivity contribution >= 4 is 21.7 Å². The second kappa shape index (κ2) is 7.77.